The van der Waals surface area contributed by atoms with Crippen molar-refractivity contribution in [1.82, 2.24) is 9.97 Å². The second-order valence-electron chi connectivity index (χ2n) is 4.39. The lowest BCUT2D eigenvalue weighted by atomic mass is 9.95. The summed E-state index contributed by atoms with van der Waals surface area (Å²) in [6.07, 6.45) is 2.54. The predicted molar refractivity (Wildman–Crippen MR) is 75.0 cm³/mol. The van der Waals surface area contributed by atoms with Crippen LogP contribution < -0.4 is 0 Å². The van der Waals surface area contributed by atoms with E-state index in [1.54, 1.807) is 0 Å². The van der Waals surface area contributed by atoms with Gasteiger partial charge in [-0.3, -0.25) is 0 Å². The van der Waals surface area contributed by atoms with Gasteiger partial charge in [0.25, 0.3) is 0 Å². The second-order valence-corrected chi connectivity index (χ2v) is 4.75. The third-order valence-corrected chi connectivity index (χ3v) is 3.80. The minimum absolute atomic E-state index is 0.407. The van der Waals surface area contributed by atoms with Gasteiger partial charge in [-0.1, -0.05) is 32.4 Å². The Morgan fingerprint density at radius 1 is 1.11 bits per heavy atom. The van der Waals surface area contributed by atoms with Gasteiger partial charge in [-0.25, -0.2) is 9.97 Å². The highest BCUT2D eigenvalue weighted by molar-refractivity contribution is 6.30. The van der Waals surface area contributed by atoms with Gasteiger partial charge in [-0.05, 0) is 33.1 Å². The van der Waals surface area contributed by atoms with Gasteiger partial charge in [0.1, 0.15) is 10.8 Å². The highest BCUT2D eigenvalue weighted by atomic mass is 35.5. The van der Waals surface area contributed by atoms with Crippen molar-refractivity contribution in [3.8, 4) is 0 Å². The molecule has 0 aliphatic carbocycles. The molecule has 1 aromatic rings. The van der Waals surface area contributed by atoms with Crippen molar-refractivity contribution in [3.63, 3.8) is 0 Å². The molecule has 0 aliphatic heterocycles. The minimum Gasteiger partial charge on any atom is -0.367 e. The Morgan fingerprint density at radius 2 is 1.72 bits per heavy atom. The Bertz CT molecular complexity index is 380. The van der Waals surface area contributed by atoms with E-state index < -0.39 is 5.60 Å². The van der Waals surface area contributed by atoms with Crippen LogP contribution in [0.1, 0.15) is 57.6 Å². The number of hydrogen-bond donors (Lipinski definition) is 0. The molecule has 102 valence electrons. The van der Waals surface area contributed by atoms with E-state index in [2.05, 4.69) is 30.7 Å². The first-order valence-corrected chi connectivity index (χ1v) is 7.09. The van der Waals surface area contributed by atoms with Crippen molar-refractivity contribution in [2.24, 2.45) is 0 Å². The van der Waals surface area contributed by atoms with Crippen LogP contribution in [0.4, 0.5) is 0 Å². The van der Waals surface area contributed by atoms with Crippen LogP contribution in [0.25, 0.3) is 0 Å². The second kappa shape index (κ2) is 6.48. The molecule has 0 atom stereocenters. The maximum atomic E-state index is 6.25. The molecule has 0 unspecified atom stereocenters. The molecule has 0 fully saturated rings. The lowest BCUT2D eigenvalue weighted by molar-refractivity contribution is -0.0572. The minimum atomic E-state index is -0.407. The van der Waals surface area contributed by atoms with Crippen molar-refractivity contribution in [3.05, 3.63) is 22.2 Å². The zero-order valence-corrected chi connectivity index (χ0v) is 12.8. The first-order chi connectivity index (χ1) is 8.54. The molecule has 0 aromatic carbocycles. The fraction of sp³-hybridized carbons (Fsp3) is 0.714. The lowest BCUT2D eigenvalue weighted by Gasteiger charge is -2.30. The van der Waals surface area contributed by atoms with Gasteiger partial charge < -0.3 is 4.74 Å². The third kappa shape index (κ3) is 2.83. The summed E-state index contributed by atoms with van der Waals surface area (Å²) in [4.78, 5) is 9.08. The fourth-order valence-corrected chi connectivity index (χ4v) is 2.63. The maximum Gasteiger partial charge on any atom is 0.162 e. The monoisotopic (exact) mass is 270 g/mol. The standard InChI is InChI=1S/C14H23ClN2O/c1-6-11-10(5)16-13(17-12(11)15)14(7-2,8-3)18-9-4/h6-9H2,1-5H3. The molecular weight excluding hydrogens is 248 g/mol. The Hall–Kier alpha value is -0.670. The van der Waals surface area contributed by atoms with Crippen molar-refractivity contribution in [2.45, 2.75) is 59.5 Å². The van der Waals surface area contributed by atoms with Crippen molar-refractivity contribution in [1.29, 1.82) is 0 Å². The molecule has 0 spiro atoms. The number of halogens is 1. The predicted octanol–water partition coefficient (Wildman–Crippen LogP) is 4.05. The molecule has 0 aliphatic rings. The highest BCUT2D eigenvalue weighted by Gasteiger charge is 2.33. The largest absolute Gasteiger partial charge is 0.367 e. The Balaban J connectivity index is 3.30. The number of nitrogens with zero attached hydrogens (tertiary/aromatic N) is 2. The highest BCUT2D eigenvalue weighted by Crippen LogP contribution is 2.32. The summed E-state index contributed by atoms with van der Waals surface area (Å²) in [5, 5.41) is 0.561. The van der Waals surface area contributed by atoms with E-state index in [0.717, 1.165) is 30.5 Å². The van der Waals surface area contributed by atoms with Gasteiger partial charge in [0, 0.05) is 17.9 Å². The van der Waals surface area contributed by atoms with E-state index in [0.29, 0.717) is 17.6 Å². The molecule has 4 heteroatoms. The molecule has 0 amide bonds. The molecule has 18 heavy (non-hydrogen) atoms. The molecule has 1 heterocycles. The summed E-state index contributed by atoms with van der Waals surface area (Å²) in [5.41, 5.74) is 1.58. The Morgan fingerprint density at radius 3 is 2.11 bits per heavy atom. The third-order valence-electron chi connectivity index (χ3n) is 3.49. The maximum absolute atomic E-state index is 6.25. The molecule has 1 aromatic heterocycles. The van der Waals surface area contributed by atoms with Crippen LogP contribution >= 0.6 is 11.6 Å². The van der Waals surface area contributed by atoms with Crippen LogP contribution in [-0.2, 0) is 16.8 Å². The van der Waals surface area contributed by atoms with E-state index >= 15 is 0 Å². The smallest absolute Gasteiger partial charge is 0.162 e. The van der Waals surface area contributed by atoms with E-state index in [9.17, 15) is 0 Å². The van der Waals surface area contributed by atoms with E-state index in [1.165, 1.54) is 0 Å². The van der Waals surface area contributed by atoms with Gasteiger partial charge >= 0.3 is 0 Å². The van der Waals surface area contributed by atoms with E-state index in [4.69, 9.17) is 16.3 Å². The van der Waals surface area contributed by atoms with Crippen LogP contribution in [0.3, 0.4) is 0 Å². The molecular formula is C14H23ClN2O. The average Bonchev–Trinajstić information content (AvgIpc) is 2.35. The van der Waals surface area contributed by atoms with Gasteiger partial charge in [0.15, 0.2) is 5.82 Å². The van der Waals surface area contributed by atoms with Crippen molar-refractivity contribution >= 4 is 11.6 Å². The summed E-state index contributed by atoms with van der Waals surface area (Å²) in [7, 11) is 0. The molecule has 1 rings (SSSR count). The summed E-state index contributed by atoms with van der Waals surface area (Å²) in [6.45, 7) is 10.9. The van der Waals surface area contributed by atoms with Crippen LogP contribution in [0.15, 0.2) is 0 Å². The number of ether oxygens (including phenoxy) is 1. The molecule has 0 radical (unpaired) electrons. The van der Waals surface area contributed by atoms with Crippen molar-refractivity contribution < 1.29 is 4.74 Å². The SMILES string of the molecule is CCOC(CC)(CC)c1nc(C)c(CC)c(Cl)n1. The molecule has 0 saturated carbocycles. The van der Waals surface area contributed by atoms with Gasteiger partial charge in [-0.15, -0.1) is 0 Å². The fourth-order valence-electron chi connectivity index (χ4n) is 2.28. The topological polar surface area (TPSA) is 35.0 Å². The zero-order valence-electron chi connectivity index (χ0n) is 12.0. The quantitative estimate of drug-likeness (QED) is 0.732. The number of aryl methyl sites for hydroxylation is 1. The average molecular weight is 271 g/mol. The summed E-state index contributed by atoms with van der Waals surface area (Å²) >= 11 is 6.25. The Kier molecular flexibility index (Phi) is 5.54. The first-order valence-electron chi connectivity index (χ1n) is 6.72. The number of aromatic nitrogens is 2. The summed E-state index contributed by atoms with van der Waals surface area (Å²) in [6, 6.07) is 0. The van der Waals surface area contributed by atoms with Crippen molar-refractivity contribution in [2.75, 3.05) is 6.61 Å². The lowest BCUT2D eigenvalue weighted by Crippen LogP contribution is -2.31. The summed E-state index contributed by atoms with van der Waals surface area (Å²) in [5.74, 6) is 0.717. The van der Waals surface area contributed by atoms with Crippen LogP contribution in [0.2, 0.25) is 5.15 Å². The van der Waals surface area contributed by atoms with Crippen LogP contribution in [-0.4, -0.2) is 16.6 Å². The van der Waals surface area contributed by atoms with Gasteiger partial charge in [-0.2, -0.15) is 0 Å². The molecule has 0 N–H and O–H groups in total. The number of hydrogen-bond acceptors (Lipinski definition) is 3. The van der Waals surface area contributed by atoms with Crippen LogP contribution in [0, 0.1) is 6.92 Å². The van der Waals surface area contributed by atoms with Gasteiger partial charge in [0.05, 0.1) is 0 Å². The van der Waals surface area contributed by atoms with E-state index in [-0.39, 0.29) is 0 Å². The molecule has 0 saturated heterocycles. The van der Waals surface area contributed by atoms with Crippen LogP contribution in [0.5, 0.6) is 0 Å². The molecule has 0 bridgehead atoms. The first kappa shape index (κ1) is 15.4. The normalized spacial score (nSPS) is 11.9. The summed E-state index contributed by atoms with van der Waals surface area (Å²) < 4.78 is 5.91. The number of rotatable bonds is 6. The van der Waals surface area contributed by atoms with Gasteiger partial charge in [0.2, 0.25) is 0 Å². The zero-order chi connectivity index (χ0) is 13.8. The van der Waals surface area contributed by atoms with E-state index in [1.807, 2.05) is 13.8 Å². The Labute approximate surface area is 115 Å². The molecule has 3 nitrogen and oxygen atoms in total.